The van der Waals surface area contributed by atoms with Crippen LogP contribution in [-0.2, 0) is 16.1 Å². The van der Waals surface area contributed by atoms with Crippen LogP contribution in [0.4, 0.5) is 0 Å². The standard InChI is InChI=1S/C28H24BrNO4/c1-2-33-24(32)17-16-23(31)27-28(34-18-19-10-5-3-6-11-19)26(29)25-21(14-9-15-22(25)30-27)20-12-7-4-8-13-20/h3-15H,2,16-18H2,1H3. The number of esters is 1. The molecule has 5 nitrogen and oxygen atoms in total. The number of aromatic nitrogens is 1. The molecule has 3 aromatic carbocycles. The molecule has 0 amide bonds. The minimum Gasteiger partial charge on any atom is -0.485 e. The van der Waals surface area contributed by atoms with Gasteiger partial charge in [0.1, 0.15) is 12.3 Å². The Morgan fingerprint density at radius 2 is 1.59 bits per heavy atom. The molecule has 0 aliphatic rings. The van der Waals surface area contributed by atoms with Crippen LogP contribution < -0.4 is 4.74 Å². The molecule has 0 spiro atoms. The maximum absolute atomic E-state index is 13.2. The second-order valence-corrected chi connectivity index (χ2v) is 8.46. The SMILES string of the molecule is CCOC(=O)CCC(=O)c1nc2cccc(-c3ccccc3)c2c(Br)c1OCc1ccccc1. The summed E-state index contributed by atoms with van der Waals surface area (Å²) in [6, 6.07) is 25.5. The van der Waals surface area contributed by atoms with Crippen molar-refractivity contribution >= 4 is 38.6 Å². The first-order valence-corrected chi connectivity index (χ1v) is 11.9. The number of ether oxygens (including phenoxy) is 2. The Morgan fingerprint density at radius 3 is 2.29 bits per heavy atom. The highest BCUT2D eigenvalue weighted by molar-refractivity contribution is 9.10. The average molecular weight is 518 g/mol. The van der Waals surface area contributed by atoms with Gasteiger partial charge in [-0.3, -0.25) is 9.59 Å². The average Bonchev–Trinajstić information content (AvgIpc) is 2.87. The van der Waals surface area contributed by atoms with Gasteiger partial charge in [0.05, 0.1) is 23.0 Å². The molecule has 0 saturated carbocycles. The van der Waals surface area contributed by atoms with E-state index in [1.807, 2.05) is 78.9 Å². The van der Waals surface area contributed by atoms with Crippen LogP contribution in [0.2, 0.25) is 0 Å². The molecule has 1 aromatic heterocycles. The normalized spacial score (nSPS) is 10.8. The van der Waals surface area contributed by atoms with E-state index in [0.717, 1.165) is 22.1 Å². The van der Waals surface area contributed by atoms with Crippen molar-refractivity contribution in [2.75, 3.05) is 6.61 Å². The molecule has 0 saturated heterocycles. The van der Waals surface area contributed by atoms with Gasteiger partial charge in [0.15, 0.2) is 11.5 Å². The van der Waals surface area contributed by atoms with Gasteiger partial charge in [-0.2, -0.15) is 0 Å². The van der Waals surface area contributed by atoms with E-state index in [4.69, 9.17) is 14.5 Å². The largest absolute Gasteiger partial charge is 0.485 e. The molecule has 0 N–H and O–H groups in total. The minimum atomic E-state index is -0.408. The maximum atomic E-state index is 13.2. The summed E-state index contributed by atoms with van der Waals surface area (Å²) in [7, 11) is 0. The Balaban J connectivity index is 1.79. The molecular formula is C28H24BrNO4. The lowest BCUT2D eigenvalue weighted by Crippen LogP contribution is -2.12. The number of hydrogen-bond donors (Lipinski definition) is 0. The van der Waals surface area contributed by atoms with Crippen molar-refractivity contribution in [2.45, 2.75) is 26.4 Å². The van der Waals surface area contributed by atoms with Crippen LogP contribution in [0, 0.1) is 0 Å². The first-order chi connectivity index (χ1) is 16.6. The van der Waals surface area contributed by atoms with Crippen LogP contribution in [-0.4, -0.2) is 23.3 Å². The molecule has 6 heteroatoms. The molecule has 0 atom stereocenters. The number of ketones is 1. The summed E-state index contributed by atoms with van der Waals surface area (Å²) < 4.78 is 11.8. The number of carbonyl (C=O) groups excluding carboxylic acids is 2. The van der Waals surface area contributed by atoms with E-state index >= 15 is 0 Å². The molecule has 4 aromatic rings. The van der Waals surface area contributed by atoms with Crippen LogP contribution in [0.15, 0.2) is 83.3 Å². The fourth-order valence-corrected chi connectivity index (χ4v) is 4.45. The van der Waals surface area contributed by atoms with Gasteiger partial charge in [-0.15, -0.1) is 0 Å². The fourth-order valence-electron chi connectivity index (χ4n) is 3.73. The number of hydrogen-bond acceptors (Lipinski definition) is 5. The number of halogens is 1. The van der Waals surface area contributed by atoms with Crippen molar-refractivity contribution in [1.82, 2.24) is 4.98 Å². The van der Waals surface area contributed by atoms with Gasteiger partial charge in [0.2, 0.25) is 0 Å². The molecule has 172 valence electrons. The Kier molecular flexibility index (Phi) is 7.70. The smallest absolute Gasteiger partial charge is 0.306 e. The van der Waals surface area contributed by atoms with Gasteiger partial charge in [-0.05, 0) is 45.6 Å². The first kappa shape index (κ1) is 23.6. The van der Waals surface area contributed by atoms with E-state index in [0.29, 0.717) is 15.7 Å². The Morgan fingerprint density at radius 1 is 0.882 bits per heavy atom. The Hall–Kier alpha value is -3.51. The lowest BCUT2D eigenvalue weighted by molar-refractivity contribution is -0.143. The summed E-state index contributed by atoms with van der Waals surface area (Å²) in [5.74, 6) is -0.314. The number of rotatable bonds is 9. The molecule has 0 fully saturated rings. The predicted octanol–water partition coefficient (Wildman–Crippen LogP) is 6.77. The highest BCUT2D eigenvalue weighted by atomic mass is 79.9. The third kappa shape index (κ3) is 5.34. The summed E-state index contributed by atoms with van der Waals surface area (Å²) >= 11 is 3.72. The first-order valence-electron chi connectivity index (χ1n) is 11.1. The molecule has 0 unspecified atom stereocenters. The zero-order valence-electron chi connectivity index (χ0n) is 18.8. The predicted molar refractivity (Wildman–Crippen MR) is 136 cm³/mol. The lowest BCUT2D eigenvalue weighted by atomic mass is 9.99. The fraction of sp³-hybridized carbons (Fsp3) is 0.179. The second-order valence-electron chi connectivity index (χ2n) is 7.67. The molecular weight excluding hydrogens is 494 g/mol. The summed E-state index contributed by atoms with van der Waals surface area (Å²) in [6.45, 7) is 2.29. The lowest BCUT2D eigenvalue weighted by Gasteiger charge is -2.16. The van der Waals surface area contributed by atoms with Crippen molar-refractivity contribution in [2.24, 2.45) is 0 Å². The molecule has 0 bridgehead atoms. The molecule has 0 aliphatic heterocycles. The molecule has 4 rings (SSSR count). The molecule has 1 heterocycles. The topological polar surface area (TPSA) is 65.5 Å². The summed E-state index contributed by atoms with van der Waals surface area (Å²) in [5, 5.41) is 0.860. The summed E-state index contributed by atoms with van der Waals surface area (Å²) in [5.41, 5.74) is 3.85. The van der Waals surface area contributed by atoms with Crippen molar-refractivity contribution < 1.29 is 19.1 Å². The van der Waals surface area contributed by atoms with Crippen molar-refractivity contribution in [3.63, 3.8) is 0 Å². The zero-order chi connectivity index (χ0) is 23.9. The van der Waals surface area contributed by atoms with Crippen LogP contribution in [0.25, 0.3) is 22.0 Å². The van der Waals surface area contributed by atoms with E-state index in [-0.39, 0.29) is 37.5 Å². The monoisotopic (exact) mass is 517 g/mol. The van der Waals surface area contributed by atoms with Gasteiger partial charge in [-0.1, -0.05) is 72.8 Å². The second kappa shape index (κ2) is 11.1. The number of nitrogens with zero attached hydrogens (tertiary/aromatic N) is 1. The molecule has 0 aliphatic carbocycles. The third-order valence-electron chi connectivity index (χ3n) is 5.35. The van der Waals surface area contributed by atoms with Crippen LogP contribution in [0.5, 0.6) is 5.75 Å². The van der Waals surface area contributed by atoms with Gasteiger partial charge < -0.3 is 9.47 Å². The van der Waals surface area contributed by atoms with E-state index in [1.165, 1.54) is 0 Å². The zero-order valence-corrected chi connectivity index (χ0v) is 20.4. The highest BCUT2D eigenvalue weighted by Gasteiger charge is 2.23. The van der Waals surface area contributed by atoms with Crippen molar-refractivity contribution in [1.29, 1.82) is 0 Å². The van der Waals surface area contributed by atoms with Crippen LogP contribution >= 0.6 is 15.9 Å². The quantitative estimate of drug-likeness (QED) is 0.181. The van der Waals surface area contributed by atoms with Gasteiger partial charge >= 0.3 is 5.97 Å². The number of Topliss-reactive ketones (excluding diaryl/α,β-unsaturated/α-hetero) is 1. The van der Waals surface area contributed by atoms with Gasteiger partial charge in [0, 0.05) is 11.8 Å². The van der Waals surface area contributed by atoms with E-state index < -0.39 is 5.97 Å². The number of benzene rings is 3. The van der Waals surface area contributed by atoms with E-state index in [9.17, 15) is 9.59 Å². The van der Waals surface area contributed by atoms with Crippen molar-refractivity contribution in [3.8, 4) is 16.9 Å². The maximum Gasteiger partial charge on any atom is 0.306 e. The van der Waals surface area contributed by atoms with Gasteiger partial charge in [0.25, 0.3) is 0 Å². The summed E-state index contributed by atoms with van der Waals surface area (Å²) in [6.07, 6.45) is -0.0178. The Bertz CT molecular complexity index is 1310. The van der Waals surface area contributed by atoms with Gasteiger partial charge in [-0.25, -0.2) is 4.98 Å². The molecule has 34 heavy (non-hydrogen) atoms. The number of pyridine rings is 1. The summed E-state index contributed by atoms with van der Waals surface area (Å²) in [4.78, 5) is 29.7. The molecule has 0 radical (unpaired) electrons. The van der Waals surface area contributed by atoms with Crippen molar-refractivity contribution in [3.05, 3.63) is 94.6 Å². The highest BCUT2D eigenvalue weighted by Crippen LogP contribution is 2.41. The minimum absolute atomic E-state index is 0.00775. The number of carbonyl (C=O) groups is 2. The van der Waals surface area contributed by atoms with Crippen LogP contribution in [0.3, 0.4) is 0 Å². The van der Waals surface area contributed by atoms with Crippen LogP contribution in [0.1, 0.15) is 35.8 Å². The van der Waals surface area contributed by atoms with E-state index in [1.54, 1.807) is 6.92 Å². The Labute approximate surface area is 206 Å². The third-order valence-corrected chi connectivity index (χ3v) is 6.10. The van der Waals surface area contributed by atoms with E-state index in [2.05, 4.69) is 15.9 Å². The number of fused-ring (bicyclic) bond motifs is 1.